The molecule has 3 heterocycles. The molecule has 0 spiro atoms. The first-order chi connectivity index (χ1) is 16.5. The third-order valence-corrected chi connectivity index (χ3v) is 7.40. The minimum atomic E-state index is -0.437. The van der Waals surface area contributed by atoms with Gasteiger partial charge in [-0.2, -0.15) is 0 Å². The van der Waals surface area contributed by atoms with Crippen molar-refractivity contribution in [3.63, 3.8) is 0 Å². The zero-order chi connectivity index (χ0) is 24.1. The van der Waals surface area contributed by atoms with E-state index in [2.05, 4.69) is 27.3 Å². The van der Waals surface area contributed by atoms with Crippen LogP contribution in [-0.4, -0.2) is 49.5 Å². The van der Waals surface area contributed by atoms with Crippen LogP contribution in [0.25, 0.3) is 0 Å². The first-order valence-corrected chi connectivity index (χ1v) is 12.5. The molecule has 9 nitrogen and oxygen atoms in total. The van der Waals surface area contributed by atoms with Gasteiger partial charge < -0.3 is 25.5 Å². The van der Waals surface area contributed by atoms with Crippen LogP contribution < -0.4 is 16.0 Å². The number of oxime groups is 1. The molecule has 1 saturated heterocycles. The van der Waals surface area contributed by atoms with E-state index < -0.39 is 11.9 Å². The van der Waals surface area contributed by atoms with Crippen molar-refractivity contribution in [3.05, 3.63) is 39.9 Å². The molecule has 4 rings (SSSR count). The maximum Gasteiger partial charge on any atom is 0.341 e. The lowest BCUT2D eigenvalue weighted by atomic mass is 9.88. The van der Waals surface area contributed by atoms with Crippen LogP contribution in [0.5, 0.6) is 0 Å². The van der Waals surface area contributed by atoms with Crippen LogP contribution >= 0.6 is 11.3 Å². The minimum absolute atomic E-state index is 0.171. The number of rotatable bonds is 7. The van der Waals surface area contributed by atoms with Crippen LogP contribution in [0.15, 0.2) is 23.5 Å². The van der Waals surface area contributed by atoms with E-state index in [4.69, 9.17) is 15.3 Å². The molecule has 2 aliphatic rings. The predicted octanol–water partition coefficient (Wildman–Crippen LogP) is 3.32. The number of thiophene rings is 1. The largest absolute Gasteiger partial charge is 0.465 e. The quantitative estimate of drug-likeness (QED) is 0.267. The van der Waals surface area contributed by atoms with Gasteiger partial charge in [-0.25, -0.2) is 9.78 Å². The third kappa shape index (κ3) is 5.49. The molecule has 34 heavy (non-hydrogen) atoms. The van der Waals surface area contributed by atoms with Gasteiger partial charge in [0.25, 0.3) is 5.91 Å². The fraction of sp³-hybridized carbons (Fsp3) is 0.500. The molecule has 0 aromatic carbocycles. The molecule has 10 heteroatoms. The Bertz CT molecular complexity index is 1080. The summed E-state index contributed by atoms with van der Waals surface area (Å²) >= 11 is 1.43. The number of amides is 1. The maximum absolute atomic E-state index is 12.5. The van der Waals surface area contributed by atoms with E-state index in [1.807, 2.05) is 6.07 Å². The van der Waals surface area contributed by atoms with Crippen molar-refractivity contribution in [2.45, 2.75) is 45.4 Å². The van der Waals surface area contributed by atoms with Crippen molar-refractivity contribution in [2.24, 2.45) is 16.8 Å². The topological polar surface area (TPSA) is 119 Å². The summed E-state index contributed by atoms with van der Waals surface area (Å²) in [7, 11) is 1.35. The van der Waals surface area contributed by atoms with Gasteiger partial charge >= 0.3 is 5.97 Å². The maximum atomic E-state index is 12.5. The summed E-state index contributed by atoms with van der Waals surface area (Å²) in [4.78, 5) is 37.9. The minimum Gasteiger partial charge on any atom is -0.465 e. The number of amidine groups is 1. The number of nitrogens with zero attached hydrogens (tertiary/aromatic N) is 3. The van der Waals surface area contributed by atoms with Gasteiger partial charge in [0.15, 0.2) is 12.4 Å². The van der Waals surface area contributed by atoms with E-state index in [1.54, 1.807) is 12.3 Å². The van der Waals surface area contributed by atoms with Gasteiger partial charge in [-0.3, -0.25) is 4.79 Å². The molecule has 0 radical (unpaired) electrons. The SMILES string of the molecule is COC(=O)c1c(NC(=O)CO/N=C(/N)c2ccnc(N3CCCCC3)c2)sc2c1CCC(C)C2. The van der Waals surface area contributed by atoms with Crippen LogP contribution in [0.4, 0.5) is 10.8 Å². The third-order valence-electron chi connectivity index (χ3n) is 6.23. The lowest BCUT2D eigenvalue weighted by molar-refractivity contribution is -0.120. The number of esters is 1. The van der Waals surface area contributed by atoms with E-state index in [-0.39, 0.29) is 12.4 Å². The van der Waals surface area contributed by atoms with Crippen LogP contribution in [0.2, 0.25) is 0 Å². The number of hydrogen-bond donors (Lipinski definition) is 2. The molecule has 1 unspecified atom stereocenters. The number of nitrogens with one attached hydrogen (secondary N) is 1. The normalized spacial score (nSPS) is 18.2. The summed E-state index contributed by atoms with van der Waals surface area (Å²) in [6.45, 7) is 3.81. The Morgan fingerprint density at radius 3 is 2.88 bits per heavy atom. The smallest absolute Gasteiger partial charge is 0.341 e. The molecule has 0 bridgehead atoms. The summed E-state index contributed by atoms with van der Waals surface area (Å²) < 4.78 is 4.96. The first-order valence-electron chi connectivity index (χ1n) is 11.7. The number of nitrogens with two attached hydrogens (primary N) is 1. The van der Waals surface area contributed by atoms with Gasteiger partial charge in [0, 0.05) is 29.7 Å². The average Bonchev–Trinajstić information content (AvgIpc) is 3.20. The van der Waals surface area contributed by atoms with Crippen molar-refractivity contribution in [3.8, 4) is 0 Å². The standard InChI is InChI=1S/C24H31N5O4S/c1-15-6-7-17-18(12-15)34-23(21(17)24(31)32-2)27-20(30)14-33-28-22(25)16-8-9-26-19(13-16)29-10-4-3-5-11-29/h8-9,13,15H,3-7,10-12,14H2,1-2H3,(H2,25,28)(H,27,30). The fourth-order valence-electron chi connectivity index (χ4n) is 4.41. The number of carbonyl (C=O) groups is 2. The summed E-state index contributed by atoms with van der Waals surface area (Å²) in [5, 5.41) is 7.20. The van der Waals surface area contributed by atoms with E-state index in [0.29, 0.717) is 22.0 Å². The molecule has 1 atom stereocenters. The number of piperidine rings is 1. The molecule has 1 fully saturated rings. The van der Waals surface area contributed by atoms with Crippen molar-refractivity contribution >= 4 is 39.9 Å². The number of ether oxygens (including phenoxy) is 1. The molecule has 2 aromatic rings. The van der Waals surface area contributed by atoms with Crippen LogP contribution in [0, 0.1) is 5.92 Å². The molecule has 1 aliphatic heterocycles. The van der Waals surface area contributed by atoms with E-state index in [1.165, 1.54) is 24.9 Å². The summed E-state index contributed by atoms with van der Waals surface area (Å²) in [6.07, 6.45) is 7.94. The molecule has 182 valence electrons. The summed E-state index contributed by atoms with van der Waals surface area (Å²) in [5.74, 6) is 0.720. The van der Waals surface area contributed by atoms with E-state index >= 15 is 0 Å². The molecule has 1 aliphatic carbocycles. The highest BCUT2D eigenvalue weighted by atomic mass is 32.1. The molecule has 1 amide bonds. The average molecular weight is 486 g/mol. The number of fused-ring (bicyclic) bond motifs is 1. The second-order valence-electron chi connectivity index (χ2n) is 8.80. The number of pyridine rings is 1. The van der Waals surface area contributed by atoms with Gasteiger partial charge in [-0.1, -0.05) is 12.1 Å². The molecule has 0 saturated carbocycles. The zero-order valence-corrected chi connectivity index (χ0v) is 20.5. The monoisotopic (exact) mass is 485 g/mol. The fourth-order valence-corrected chi connectivity index (χ4v) is 5.82. The Balaban J connectivity index is 1.38. The van der Waals surface area contributed by atoms with Crippen LogP contribution in [-0.2, 0) is 27.2 Å². The van der Waals surface area contributed by atoms with Gasteiger partial charge in [-0.15, -0.1) is 11.3 Å². The van der Waals surface area contributed by atoms with E-state index in [9.17, 15) is 9.59 Å². The Hall–Kier alpha value is -3.14. The number of methoxy groups -OCH3 is 1. The van der Waals surface area contributed by atoms with Gasteiger partial charge in [0.1, 0.15) is 10.8 Å². The van der Waals surface area contributed by atoms with Crippen molar-refractivity contribution in [1.82, 2.24) is 4.98 Å². The van der Waals surface area contributed by atoms with Crippen molar-refractivity contribution < 1.29 is 19.2 Å². The Labute approximate surface area is 203 Å². The number of aromatic nitrogens is 1. The number of anilines is 2. The van der Waals surface area contributed by atoms with Crippen molar-refractivity contribution in [1.29, 1.82) is 0 Å². The number of hydrogen-bond acceptors (Lipinski definition) is 8. The molecular formula is C24H31N5O4S. The highest BCUT2D eigenvalue weighted by Crippen LogP contribution is 2.40. The molecular weight excluding hydrogens is 454 g/mol. The molecule has 2 aromatic heterocycles. The lowest BCUT2D eigenvalue weighted by Gasteiger charge is -2.27. The van der Waals surface area contributed by atoms with Gasteiger partial charge in [0.05, 0.1) is 12.7 Å². The Morgan fingerprint density at radius 1 is 1.32 bits per heavy atom. The van der Waals surface area contributed by atoms with Gasteiger partial charge in [0.2, 0.25) is 0 Å². The van der Waals surface area contributed by atoms with Crippen LogP contribution in [0.1, 0.15) is 59.0 Å². The first kappa shape index (κ1) is 24.0. The highest BCUT2D eigenvalue weighted by molar-refractivity contribution is 7.17. The lowest BCUT2D eigenvalue weighted by Crippen LogP contribution is -2.30. The highest BCUT2D eigenvalue weighted by Gasteiger charge is 2.29. The second-order valence-corrected chi connectivity index (χ2v) is 9.90. The van der Waals surface area contributed by atoms with Crippen LogP contribution in [0.3, 0.4) is 0 Å². The number of carbonyl (C=O) groups excluding carboxylic acids is 2. The van der Waals surface area contributed by atoms with E-state index in [0.717, 1.165) is 61.5 Å². The summed E-state index contributed by atoms with van der Waals surface area (Å²) in [6, 6.07) is 3.64. The second kappa shape index (κ2) is 10.9. The summed E-state index contributed by atoms with van der Waals surface area (Å²) in [5.41, 5.74) is 8.20. The van der Waals surface area contributed by atoms with Gasteiger partial charge in [-0.05, 0) is 62.1 Å². The Morgan fingerprint density at radius 2 is 2.12 bits per heavy atom. The zero-order valence-electron chi connectivity index (χ0n) is 19.6. The Kier molecular flexibility index (Phi) is 7.66. The van der Waals surface area contributed by atoms with Crippen molar-refractivity contribution in [2.75, 3.05) is 37.0 Å². The molecule has 3 N–H and O–H groups in total. The predicted molar refractivity (Wildman–Crippen MR) is 132 cm³/mol.